The molecular formula is C13H22BrNS. The molecule has 0 spiro atoms. The van der Waals surface area contributed by atoms with Gasteiger partial charge in [-0.3, -0.25) is 0 Å². The van der Waals surface area contributed by atoms with Crippen molar-refractivity contribution in [3.8, 4) is 0 Å². The van der Waals surface area contributed by atoms with Gasteiger partial charge < -0.3 is 5.32 Å². The van der Waals surface area contributed by atoms with E-state index in [1.165, 1.54) is 15.8 Å². The van der Waals surface area contributed by atoms with Crippen molar-refractivity contribution in [1.82, 2.24) is 5.32 Å². The van der Waals surface area contributed by atoms with Crippen LogP contribution in [0.4, 0.5) is 0 Å². The van der Waals surface area contributed by atoms with Gasteiger partial charge in [0.05, 0.1) is 0 Å². The van der Waals surface area contributed by atoms with Gasteiger partial charge in [-0.2, -0.15) is 0 Å². The molecule has 0 radical (unpaired) electrons. The maximum Gasteiger partial charge on any atom is 0.0314 e. The molecule has 1 rings (SSSR count). The minimum absolute atomic E-state index is 0.304. The summed E-state index contributed by atoms with van der Waals surface area (Å²) < 4.78 is 1.25. The van der Waals surface area contributed by atoms with Crippen LogP contribution in [0.15, 0.2) is 15.9 Å². The molecule has 3 heteroatoms. The summed E-state index contributed by atoms with van der Waals surface area (Å²) in [4.78, 5) is 1.45. The number of hydrogen-bond donors (Lipinski definition) is 1. The first-order valence-electron chi connectivity index (χ1n) is 5.90. The average Bonchev–Trinajstić information content (AvgIpc) is 2.57. The third-order valence-electron chi connectivity index (χ3n) is 2.77. The van der Waals surface area contributed by atoms with Gasteiger partial charge >= 0.3 is 0 Å². The molecule has 0 aliphatic carbocycles. The molecule has 16 heavy (non-hydrogen) atoms. The summed E-state index contributed by atoms with van der Waals surface area (Å²) in [6.07, 6.45) is 2.31. The van der Waals surface area contributed by atoms with Crippen molar-refractivity contribution >= 4 is 27.3 Å². The Hall–Kier alpha value is 0.140. The lowest BCUT2D eigenvalue weighted by Crippen LogP contribution is -2.42. The Morgan fingerprint density at radius 1 is 1.44 bits per heavy atom. The maximum atomic E-state index is 3.66. The van der Waals surface area contributed by atoms with Gasteiger partial charge in [-0.1, -0.05) is 27.7 Å². The van der Waals surface area contributed by atoms with Crippen LogP contribution in [0.5, 0.6) is 0 Å². The molecule has 0 aromatic carbocycles. The summed E-state index contributed by atoms with van der Waals surface area (Å²) in [5, 5.41) is 5.81. The van der Waals surface area contributed by atoms with Gasteiger partial charge in [-0.15, -0.1) is 11.3 Å². The number of thiophene rings is 1. The molecule has 0 amide bonds. The zero-order valence-corrected chi connectivity index (χ0v) is 13.0. The molecule has 0 saturated heterocycles. The van der Waals surface area contributed by atoms with E-state index in [4.69, 9.17) is 0 Å². The Bertz CT molecular complexity index is 314. The number of nitrogens with one attached hydrogen (secondary N) is 1. The van der Waals surface area contributed by atoms with Crippen LogP contribution in [-0.4, -0.2) is 12.6 Å². The van der Waals surface area contributed by atoms with E-state index in [0.717, 1.165) is 13.0 Å². The fraction of sp³-hybridized carbons (Fsp3) is 0.692. The molecule has 0 aliphatic rings. The Morgan fingerprint density at radius 2 is 2.12 bits per heavy atom. The summed E-state index contributed by atoms with van der Waals surface area (Å²) in [6.45, 7) is 10.2. The van der Waals surface area contributed by atoms with E-state index >= 15 is 0 Å². The zero-order chi connectivity index (χ0) is 12.2. The first-order chi connectivity index (χ1) is 7.45. The monoisotopic (exact) mass is 303 g/mol. The molecule has 0 aliphatic heterocycles. The first kappa shape index (κ1) is 14.2. The van der Waals surface area contributed by atoms with Crippen molar-refractivity contribution in [1.29, 1.82) is 0 Å². The predicted molar refractivity (Wildman–Crippen MR) is 77.3 cm³/mol. The van der Waals surface area contributed by atoms with E-state index < -0.39 is 0 Å². The van der Waals surface area contributed by atoms with Gasteiger partial charge in [-0.05, 0) is 52.2 Å². The van der Waals surface area contributed by atoms with Gasteiger partial charge in [0.25, 0.3) is 0 Å². The lowest BCUT2D eigenvalue weighted by atomic mass is 9.84. The maximum absolute atomic E-state index is 3.66. The number of halogens is 1. The highest BCUT2D eigenvalue weighted by Gasteiger charge is 2.25. The van der Waals surface area contributed by atoms with Gasteiger partial charge in [0.1, 0.15) is 0 Å². The van der Waals surface area contributed by atoms with E-state index in [1.807, 2.05) is 11.3 Å². The smallest absolute Gasteiger partial charge is 0.0314 e. The molecule has 1 heterocycles. The van der Waals surface area contributed by atoms with E-state index in [9.17, 15) is 0 Å². The van der Waals surface area contributed by atoms with Gasteiger partial charge in [0.15, 0.2) is 0 Å². The standard InChI is InChI=1S/C13H22BrNS/c1-5-7-15-12(13(2,3)4)9-11-10(14)6-8-16-11/h6,8,12,15H,5,7,9H2,1-4H3. The second-order valence-electron chi connectivity index (χ2n) is 5.27. The third-order valence-corrected chi connectivity index (χ3v) is 4.72. The molecule has 92 valence electrons. The molecule has 0 saturated carbocycles. The first-order valence-corrected chi connectivity index (χ1v) is 7.57. The van der Waals surface area contributed by atoms with Crippen LogP contribution in [-0.2, 0) is 6.42 Å². The number of hydrogen-bond acceptors (Lipinski definition) is 2. The molecule has 1 aromatic heterocycles. The van der Waals surface area contributed by atoms with E-state index in [1.54, 1.807) is 0 Å². The highest BCUT2D eigenvalue weighted by molar-refractivity contribution is 9.10. The van der Waals surface area contributed by atoms with Crippen LogP contribution in [0.25, 0.3) is 0 Å². The van der Waals surface area contributed by atoms with Crippen LogP contribution in [0.2, 0.25) is 0 Å². The Balaban J connectivity index is 2.67. The quantitative estimate of drug-likeness (QED) is 0.846. The molecule has 1 atom stereocenters. The lowest BCUT2D eigenvalue weighted by molar-refractivity contribution is 0.267. The molecule has 0 bridgehead atoms. The largest absolute Gasteiger partial charge is 0.313 e. The molecule has 1 nitrogen and oxygen atoms in total. The predicted octanol–water partition coefficient (Wildman–Crippen LogP) is 4.47. The fourth-order valence-electron chi connectivity index (χ4n) is 1.66. The van der Waals surface area contributed by atoms with E-state index in [0.29, 0.717) is 11.5 Å². The second kappa shape index (κ2) is 6.18. The second-order valence-corrected chi connectivity index (χ2v) is 7.12. The number of rotatable bonds is 5. The van der Waals surface area contributed by atoms with Crippen molar-refractivity contribution in [2.24, 2.45) is 5.41 Å². The lowest BCUT2D eigenvalue weighted by Gasteiger charge is -2.31. The van der Waals surface area contributed by atoms with Crippen LogP contribution in [0.1, 0.15) is 39.0 Å². The topological polar surface area (TPSA) is 12.0 Å². The van der Waals surface area contributed by atoms with Gasteiger partial charge in [0, 0.05) is 15.4 Å². The van der Waals surface area contributed by atoms with E-state index in [2.05, 4.69) is 60.4 Å². The third kappa shape index (κ3) is 4.19. The summed E-state index contributed by atoms with van der Waals surface area (Å²) in [6, 6.07) is 2.68. The SMILES string of the molecule is CCCNC(Cc1sccc1Br)C(C)(C)C. The highest BCUT2D eigenvalue weighted by atomic mass is 79.9. The van der Waals surface area contributed by atoms with Gasteiger partial charge in [0.2, 0.25) is 0 Å². The van der Waals surface area contributed by atoms with Crippen molar-refractivity contribution in [2.75, 3.05) is 6.54 Å². The zero-order valence-electron chi connectivity index (χ0n) is 10.6. The van der Waals surface area contributed by atoms with Crippen molar-refractivity contribution < 1.29 is 0 Å². The van der Waals surface area contributed by atoms with Gasteiger partial charge in [-0.25, -0.2) is 0 Å². The Morgan fingerprint density at radius 3 is 2.56 bits per heavy atom. The van der Waals surface area contributed by atoms with Crippen molar-refractivity contribution in [2.45, 2.75) is 46.6 Å². The van der Waals surface area contributed by atoms with Crippen molar-refractivity contribution in [3.05, 3.63) is 20.8 Å². The highest BCUT2D eigenvalue weighted by Crippen LogP contribution is 2.29. The fourth-order valence-corrected chi connectivity index (χ4v) is 3.22. The Labute approximate surface area is 112 Å². The van der Waals surface area contributed by atoms with Crippen LogP contribution in [0.3, 0.4) is 0 Å². The molecule has 1 unspecified atom stereocenters. The molecular weight excluding hydrogens is 282 g/mol. The molecule has 1 aromatic rings. The van der Waals surface area contributed by atoms with Crippen LogP contribution >= 0.6 is 27.3 Å². The molecule has 0 fully saturated rings. The molecule has 1 N–H and O–H groups in total. The van der Waals surface area contributed by atoms with Crippen LogP contribution in [0, 0.1) is 5.41 Å². The Kier molecular flexibility index (Phi) is 5.48. The minimum Gasteiger partial charge on any atom is -0.313 e. The summed E-state index contributed by atoms with van der Waals surface area (Å²) in [7, 11) is 0. The average molecular weight is 304 g/mol. The summed E-state index contributed by atoms with van der Waals surface area (Å²) >= 11 is 5.45. The van der Waals surface area contributed by atoms with Crippen LogP contribution < -0.4 is 5.32 Å². The van der Waals surface area contributed by atoms with E-state index in [-0.39, 0.29) is 0 Å². The normalized spacial score (nSPS) is 14.1. The van der Waals surface area contributed by atoms with Crippen molar-refractivity contribution in [3.63, 3.8) is 0 Å². The summed E-state index contributed by atoms with van der Waals surface area (Å²) in [5.74, 6) is 0. The minimum atomic E-state index is 0.304. The summed E-state index contributed by atoms with van der Waals surface area (Å²) in [5.41, 5.74) is 0.304.